The maximum atomic E-state index is 12.5. The number of hydrogen-bond acceptors (Lipinski definition) is 2. The van der Waals surface area contributed by atoms with E-state index in [4.69, 9.17) is 11.6 Å². The van der Waals surface area contributed by atoms with E-state index < -0.39 is 12.0 Å². The number of pyridine rings is 1. The van der Waals surface area contributed by atoms with Crippen LogP contribution in [0.2, 0.25) is 5.15 Å². The topological polar surface area (TPSA) is 30.2 Å². The largest absolute Gasteiger partial charge is 0.453 e. The second kappa shape index (κ2) is 3.85. The molecule has 18 heavy (non-hydrogen) atoms. The first-order valence-corrected chi connectivity index (χ1v) is 5.61. The summed E-state index contributed by atoms with van der Waals surface area (Å²) in [7, 11) is 0. The van der Waals surface area contributed by atoms with Gasteiger partial charge in [0.05, 0.1) is 0 Å². The van der Waals surface area contributed by atoms with Crippen molar-refractivity contribution in [3.05, 3.63) is 28.7 Å². The molecule has 0 saturated carbocycles. The summed E-state index contributed by atoms with van der Waals surface area (Å²) < 4.78 is 38.5. The van der Waals surface area contributed by atoms with Crippen LogP contribution in [0.15, 0.2) is 12.1 Å². The summed E-state index contributed by atoms with van der Waals surface area (Å²) in [6, 6.07) is 3.16. The molecule has 7 heteroatoms. The lowest BCUT2D eigenvalue weighted by Gasteiger charge is -2.19. The van der Waals surface area contributed by atoms with Crippen LogP contribution >= 0.6 is 11.6 Å². The molecule has 0 aliphatic rings. The Labute approximate surface area is 107 Å². The lowest BCUT2D eigenvalue weighted by molar-refractivity contribution is -0.144. The summed E-state index contributed by atoms with van der Waals surface area (Å²) >= 11 is 5.92. The van der Waals surface area contributed by atoms with Crippen molar-refractivity contribution in [3.8, 4) is 0 Å². The Balaban J connectivity index is 2.67. The highest BCUT2D eigenvalue weighted by Crippen LogP contribution is 2.30. The molecule has 3 nitrogen and oxygen atoms in total. The lowest BCUT2D eigenvalue weighted by atomic mass is 9.88. The Morgan fingerprint density at radius 1 is 1.17 bits per heavy atom. The Morgan fingerprint density at radius 3 is 2.28 bits per heavy atom. The quantitative estimate of drug-likeness (QED) is 0.687. The molecular formula is C11H11ClF3N3. The van der Waals surface area contributed by atoms with E-state index in [0.29, 0.717) is 0 Å². The zero-order chi connectivity index (χ0) is 13.7. The summed E-state index contributed by atoms with van der Waals surface area (Å²) in [6.45, 7) is 5.82. The van der Waals surface area contributed by atoms with Crippen molar-refractivity contribution in [1.82, 2.24) is 14.6 Å². The van der Waals surface area contributed by atoms with Crippen molar-refractivity contribution < 1.29 is 13.2 Å². The Morgan fingerprint density at radius 2 is 1.78 bits per heavy atom. The van der Waals surface area contributed by atoms with Crippen LogP contribution in [0.25, 0.3) is 5.65 Å². The van der Waals surface area contributed by atoms with Gasteiger partial charge in [0.1, 0.15) is 5.15 Å². The molecule has 0 N–H and O–H groups in total. The van der Waals surface area contributed by atoms with Crippen molar-refractivity contribution in [2.45, 2.75) is 32.4 Å². The highest BCUT2D eigenvalue weighted by atomic mass is 35.5. The molecule has 0 aromatic carbocycles. The van der Waals surface area contributed by atoms with Gasteiger partial charge in [0.25, 0.3) is 5.82 Å². The minimum absolute atomic E-state index is 0.0970. The fourth-order valence-corrected chi connectivity index (χ4v) is 1.74. The molecule has 98 valence electrons. The molecule has 0 amide bonds. The van der Waals surface area contributed by atoms with Gasteiger partial charge in [-0.25, -0.2) is 9.50 Å². The average molecular weight is 278 g/mol. The Bertz CT molecular complexity index is 596. The van der Waals surface area contributed by atoms with Crippen LogP contribution < -0.4 is 0 Å². The van der Waals surface area contributed by atoms with Gasteiger partial charge in [-0.05, 0) is 23.1 Å². The van der Waals surface area contributed by atoms with E-state index in [2.05, 4.69) is 10.1 Å². The second-order valence-corrected chi connectivity index (χ2v) is 5.41. The molecule has 0 radical (unpaired) electrons. The predicted octanol–water partition coefficient (Wildman–Crippen LogP) is 3.70. The van der Waals surface area contributed by atoms with E-state index in [1.54, 1.807) is 12.1 Å². The zero-order valence-corrected chi connectivity index (χ0v) is 10.8. The second-order valence-electron chi connectivity index (χ2n) is 5.02. The first-order chi connectivity index (χ1) is 8.09. The number of halogens is 4. The van der Waals surface area contributed by atoms with E-state index >= 15 is 0 Å². The van der Waals surface area contributed by atoms with Crippen LogP contribution in [-0.2, 0) is 11.6 Å². The SMILES string of the molecule is CC(C)(C)c1cc(Cl)n2nc(C(F)(F)F)nc2c1. The smallest absolute Gasteiger partial charge is 0.203 e. The van der Waals surface area contributed by atoms with E-state index in [9.17, 15) is 13.2 Å². The molecule has 0 bridgehead atoms. The highest BCUT2D eigenvalue weighted by molar-refractivity contribution is 6.29. The number of hydrogen-bond donors (Lipinski definition) is 0. The molecule has 0 fully saturated rings. The van der Waals surface area contributed by atoms with Gasteiger partial charge in [0.2, 0.25) is 0 Å². The van der Waals surface area contributed by atoms with E-state index in [-0.39, 0.29) is 16.2 Å². The zero-order valence-electron chi connectivity index (χ0n) is 10.0. The molecule has 2 aromatic heterocycles. The van der Waals surface area contributed by atoms with Crippen molar-refractivity contribution in [1.29, 1.82) is 0 Å². The Kier molecular flexibility index (Phi) is 2.81. The number of aromatic nitrogens is 3. The van der Waals surface area contributed by atoms with E-state index in [0.717, 1.165) is 10.1 Å². The monoisotopic (exact) mass is 277 g/mol. The standard InChI is InChI=1S/C11H11ClF3N3/c1-10(2,3)6-4-7(12)18-8(5-6)16-9(17-18)11(13,14)15/h4-5H,1-3H3. The summed E-state index contributed by atoms with van der Waals surface area (Å²) in [5, 5.41) is 3.47. The molecule has 0 saturated heterocycles. The molecule has 0 unspecified atom stereocenters. The van der Waals surface area contributed by atoms with Crippen LogP contribution in [0.1, 0.15) is 32.2 Å². The third-order valence-corrected chi connectivity index (χ3v) is 2.78. The van der Waals surface area contributed by atoms with Crippen LogP contribution in [-0.4, -0.2) is 14.6 Å². The normalized spacial score (nSPS) is 13.3. The first-order valence-electron chi connectivity index (χ1n) is 5.23. The molecule has 2 heterocycles. The number of nitrogens with zero attached hydrogens (tertiary/aromatic N) is 3. The lowest BCUT2D eigenvalue weighted by Crippen LogP contribution is -2.11. The van der Waals surface area contributed by atoms with Crippen molar-refractivity contribution in [3.63, 3.8) is 0 Å². The van der Waals surface area contributed by atoms with Gasteiger partial charge >= 0.3 is 6.18 Å². The third kappa shape index (κ3) is 2.29. The van der Waals surface area contributed by atoms with Crippen molar-refractivity contribution in [2.75, 3.05) is 0 Å². The highest BCUT2D eigenvalue weighted by Gasteiger charge is 2.36. The van der Waals surface area contributed by atoms with Crippen LogP contribution in [0.3, 0.4) is 0 Å². The predicted molar refractivity (Wildman–Crippen MR) is 61.7 cm³/mol. The van der Waals surface area contributed by atoms with Gasteiger partial charge in [-0.15, -0.1) is 5.10 Å². The summed E-state index contributed by atoms with van der Waals surface area (Å²) in [5.74, 6) is -1.18. The van der Waals surface area contributed by atoms with Gasteiger partial charge in [-0.2, -0.15) is 13.2 Å². The molecule has 0 spiro atoms. The summed E-state index contributed by atoms with van der Waals surface area (Å²) in [6.07, 6.45) is -4.57. The fraction of sp³-hybridized carbons (Fsp3) is 0.455. The van der Waals surface area contributed by atoms with Gasteiger partial charge in [-0.3, -0.25) is 0 Å². The van der Waals surface area contributed by atoms with Gasteiger partial charge in [0.15, 0.2) is 5.65 Å². The summed E-state index contributed by atoms with van der Waals surface area (Å²) in [5.41, 5.74) is 0.677. The Hall–Kier alpha value is -1.30. The van der Waals surface area contributed by atoms with Crippen molar-refractivity contribution in [2.24, 2.45) is 0 Å². The average Bonchev–Trinajstić information content (AvgIpc) is 2.59. The molecule has 2 aromatic rings. The van der Waals surface area contributed by atoms with Gasteiger partial charge < -0.3 is 0 Å². The fourth-order valence-electron chi connectivity index (χ4n) is 1.50. The van der Waals surface area contributed by atoms with Crippen molar-refractivity contribution >= 4 is 17.2 Å². The van der Waals surface area contributed by atoms with E-state index in [1.165, 1.54) is 0 Å². The third-order valence-electron chi connectivity index (χ3n) is 2.51. The molecule has 2 rings (SSSR count). The van der Waals surface area contributed by atoms with E-state index in [1.807, 2.05) is 20.8 Å². The van der Waals surface area contributed by atoms with Crippen LogP contribution in [0, 0.1) is 0 Å². The maximum absolute atomic E-state index is 12.5. The van der Waals surface area contributed by atoms with Crippen LogP contribution in [0.5, 0.6) is 0 Å². The molecule has 0 aliphatic carbocycles. The number of alkyl halides is 3. The molecule has 0 aliphatic heterocycles. The van der Waals surface area contributed by atoms with Gasteiger partial charge in [-0.1, -0.05) is 32.4 Å². The number of rotatable bonds is 0. The maximum Gasteiger partial charge on any atom is 0.453 e. The molecule has 0 atom stereocenters. The summed E-state index contributed by atoms with van der Waals surface area (Å²) in [4.78, 5) is 3.46. The minimum Gasteiger partial charge on any atom is -0.203 e. The molecular weight excluding hydrogens is 267 g/mol. The van der Waals surface area contributed by atoms with Crippen LogP contribution in [0.4, 0.5) is 13.2 Å². The first kappa shape index (κ1) is 13.1. The number of fused-ring (bicyclic) bond motifs is 1. The minimum atomic E-state index is -4.57. The van der Waals surface area contributed by atoms with Gasteiger partial charge in [0, 0.05) is 0 Å².